The first-order valence-electron chi connectivity index (χ1n) is 10.0. The zero-order valence-corrected chi connectivity index (χ0v) is 17.3. The Morgan fingerprint density at radius 3 is 1.76 bits per heavy atom. The molecule has 0 saturated carbocycles. The molecule has 0 aliphatic carbocycles. The van der Waals surface area contributed by atoms with Crippen molar-refractivity contribution in [2.24, 2.45) is 0 Å². The number of hydrogen-bond acceptors (Lipinski definition) is 8. The Hall–Kier alpha value is -2.32. The predicted octanol–water partition coefficient (Wildman–Crippen LogP) is 1.68. The van der Waals surface area contributed by atoms with Crippen LogP contribution in [0.15, 0.2) is 12.1 Å². The van der Waals surface area contributed by atoms with Gasteiger partial charge in [0.05, 0.1) is 21.3 Å². The van der Waals surface area contributed by atoms with E-state index in [0.717, 1.165) is 38.8 Å². The maximum Gasteiger partial charge on any atom is 0.323 e. The van der Waals surface area contributed by atoms with Crippen LogP contribution in [0.1, 0.15) is 36.8 Å². The van der Waals surface area contributed by atoms with Crippen molar-refractivity contribution in [3.63, 3.8) is 0 Å². The quantitative estimate of drug-likeness (QED) is 0.684. The van der Waals surface area contributed by atoms with Crippen LogP contribution in [-0.2, 0) is 32.2 Å². The highest BCUT2D eigenvalue weighted by Gasteiger charge is 2.34. The first kappa shape index (κ1) is 21.4. The topological polar surface area (TPSA) is 88.5 Å². The number of carbonyl (C=O) groups is 2. The second-order valence-electron chi connectivity index (χ2n) is 7.60. The average molecular weight is 406 g/mol. The standard InChI is InChI=1S/C21H30N2O6/c1-27-16-10-14(12-22-8-4-6-17(22)20(25)28-2)19(24)15(11-16)13-23-9-5-7-18(23)21(26)29-3/h10-11,17-18,24H,4-9,12-13H2,1-3H3/t17-,18-/m0/s1. The third-order valence-corrected chi connectivity index (χ3v) is 5.90. The number of rotatable bonds is 7. The second-order valence-corrected chi connectivity index (χ2v) is 7.60. The molecule has 1 N–H and O–H groups in total. The van der Waals surface area contributed by atoms with Crippen molar-refractivity contribution in [3.8, 4) is 11.5 Å². The van der Waals surface area contributed by atoms with Crippen LogP contribution >= 0.6 is 0 Å². The van der Waals surface area contributed by atoms with Gasteiger partial charge in [-0.1, -0.05) is 0 Å². The van der Waals surface area contributed by atoms with Gasteiger partial charge in [-0.2, -0.15) is 0 Å². The van der Waals surface area contributed by atoms with Crippen LogP contribution in [0.25, 0.3) is 0 Å². The molecule has 2 saturated heterocycles. The summed E-state index contributed by atoms with van der Waals surface area (Å²) in [6.45, 7) is 2.39. The van der Waals surface area contributed by atoms with E-state index in [-0.39, 0.29) is 29.8 Å². The van der Waals surface area contributed by atoms with Gasteiger partial charge in [0.15, 0.2) is 0 Å². The van der Waals surface area contributed by atoms with Crippen molar-refractivity contribution in [1.82, 2.24) is 9.80 Å². The van der Waals surface area contributed by atoms with Crippen molar-refractivity contribution in [3.05, 3.63) is 23.3 Å². The highest BCUT2D eigenvalue weighted by molar-refractivity contribution is 5.76. The van der Waals surface area contributed by atoms with E-state index in [1.165, 1.54) is 14.2 Å². The van der Waals surface area contributed by atoms with E-state index in [0.29, 0.717) is 30.0 Å². The largest absolute Gasteiger partial charge is 0.507 e. The number of hydrogen-bond donors (Lipinski definition) is 1. The Balaban J connectivity index is 1.82. The number of likely N-dealkylation sites (tertiary alicyclic amines) is 2. The fourth-order valence-corrected chi connectivity index (χ4v) is 4.36. The Morgan fingerprint density at radius 1 is 0.931 bits per heavy atom. The molecule has 8 heteroatoms. The van der Waals surface area contributed by atoms with Crippen molar-refractivity contribution in [2.45, 2.75) is 50.9 Å². The molecule has 2 heterocycles. The summed E-state index contributed by atoms with van der Waals surface area (Å²) in [7, 11) is 4.38. The zero-order valence-electron chi connectivity index (χ0n) is 17.3. The van der Waals surface area contributed by atoms with E-state index in [1.807, 2.05) is 9.80 Å². The number of phenolic OH excluding ortho intramolecular Hbond substituents is 1. The predicted molar refractivity (Wildman–Crippen MR) is 106 cm³/mol. The van der Waals surface area contributed by atoms with Gasteiger partial charge in [-0.25, -0.2) is 0 Å². The lowest BCUT2D eigenvalue weighted by Crippen LogP contribution is -2.37. The molecule has 8 nitrogen and oxygen atoms in total. The molecule has 0 amide bonds. The van der Waals surface area contributed by atoms with E-state index in [1.54, 1.807) is 19.2 Å². The first-order chi connectivity index (χ1) is 14.0. The van der Waals surface area contributed by atoms with Crippen LogP contribution in [0.3, 0.4) is 0 Å². The van der Waals surface area contributed by atoms with Gasteiger partial charge in [0.25, 0.3) is 0 Å². The molecule has 160 valence electrons. The number of nitrogens with zero attached hydrogens (tertiary/aromatic N) is 2. The number of benzene rings is 1. The van der Waals surface area contributed by atoms with Gasteiger partial charge in [0, 0.05) is 24.2 Å². The molecule has 0 aromatic heterocycles. The fourth-order valence-electron chi connectivity index (χ4n) is 4.36. The Bertz CT molecular complexity index is 696. The Labute approximate surface area is 171 Å². The normalized spacial score (nSPS) is 22.6. The lowest BCUT2D eigenvalue weighted by Gasteiger charge is -2.26. The summed E-state index contributed by atoms with van der Waals surface area (Å²) in [5.74, 6) is 0.318. The van der Waals surface area contributed by atoms with E-state index in [2.05, 4.69) is 0 Å². The number of esters is 2. The zero-order chi connectivity index (χ0) is 21.0. The van der Waals surface area contributed by atoms with Crippen LogP contribution in [0.2, 0.25) is 0 Å². The van der Waals surface area contributed by atoms with Crippen molar-refractivity contribution < 1.29 is 28.9 Å². The van der Waals surface area contributed by atoms with E-state index in [9.17, 15) is 14.7 Å². The highest BCUT2D eigenvalue weighted by Crippen LogP contribution is 2.34. The van der Waals surface area contributed by atoms with Crippen LogP contribution < -0.4 is 4.74 Å². The van der Waals surface area contributed by atoms with E-state index in [4.69, 9.17) is 14.2 Å². The summed E-state index contributed by atoms with van der Waals surface area (Å²) in [6, 6.07) is 3.01. The average Bonchev–Trinajstić information content (AvgIpc) is 3.39. The van der Waals surface area contributed by atoms with Crippen molar-refractivity contribution >= 4 is 11.9 Å². The molecule has 2 fully saturated rings. The molecule has 0 spiro atoms. The molecule has 2 aliphatic heterocycles. The van der Waals surface area contributed by atoms with Gasteiger partial charge >= 0.3 is 11.9 Å². The molecule has 1 aromatic rings. The third kappa shape index (κ3) is 4.64. The lowest BCUT2D eigenvalue weighted by atomic mass is 10.1. The van der Waals surface area contributed by atoms with Gasteiger partial charge in [0.1, 0.15) is 23.6 Å². The SMILES string of the molecule is COC(=O)[C@@H]1CCCN1Cc1cc(OC)cc(CN2CCC[C@H]2C(=O)OC)c1O. The molecule has 2 atom stereocenters. The third-order valence-electron chi connectivity index (χ3n) is 5.90. The Kier molecular flexibility index (Phi) is 6.97. The summed E-state index contributed by atoms with van der Waals surface area (Å²) in [5.41, 5.74) is 1.40. The minimum atomic E-state index is -0.295. The molecular formula is C21H30N2O6. The molecule has 0 radical (unpaired) electrons. The second kappa shape index (κ2) is 9.45. The van der Waals surface area contributed by atoms with E-state index < -0.39 is 0 Å². The minimum absolute atomic E-state index is 0.178. The maximum absolute atomic E-state index is 12.0. The summed E-state index contributed by atoms with van der Waals surface area (Å²) in [4.78, 5) is 28.1. The number of carbonyl (C=O) groups excluding carboxylic acids is 2. The van der Waals surface area contributed by atoms with Gasteiger partial charge in [-0.15, -0.1) is 0 Å². The number of methoxy groups -OCH3 is 3. The molecule has 29 heavy (non-hydrogen) atoms. The molecule has 0 unspecified atom stereocenters. The number of phenols is 1. The maximum atomic E-state index is 12.0. The van der Waals surface area contributed by atoms with Crippen molar-refractivity contribution in [2.75, 3.05) is 34.4 Å². The molecule has 3 rings (SSSR count). The molecular weight excluding hydrogens is 376 g/mol. The fraction of sp³-hybridized carbons (Fsp3) is 0.619. The van der Waals surface area contributed by atoms with Gasteiger partial charge in [-0.05, 0) is 50.9 Å². The first-order valence-corrected chi connectivity index (χ1v) is 10.0. The summed E-state index contributed by atoms with van der Waals surface area (Å²) in [6.07, 6.45) is 3.32. The van der Waals surface area contributed by atoms with Crippen LogP contribution in [0.5, 0.6) is 11.5 Å². The van der Waals surface area contributed by atoms with Gasteiger partial charge in [-0.3, -0.25) is 19.4 Å². The highest BCUT2D eigenvalue weighted by atomic mass is 16.5. The lowest BCUT2D eigenvalue weighted by molar-refractivity contribution is -0.146. The van der Waals surface area contributed by atoms with E-state index >= 15 is 0 Å². The Morgan fingerprint density at radius 2 is 1.38 bits per heavy atom. The minimum Gasteiger partial charge on any atom is -0.507 e. The van der Waals surface area contributed by atoms with Gasteiger partial charge in [0.2, 0.25) is 0 Å². The molecule has 2 aliphatic rings. The summed E-state index contributed by atoms with van der Waals surface area (Å²) < 4.78 is 15.3. The van der Waals surface area contributed by atoms with Crippen LogP contribution in [0.4, 0.5) is 0 Å². The number of ether oxygens (including phenoxy) is 3. The molecule has 1 aromatic carbocycles. The smallest absolute Gasteiger partial charge is 0.323 e. The van der Waals surface area contributed by atoms with Crippen molar-refractivity contribution in [1.29, 1.82) is 0 Å². The van der Waals surface area contributed by atoms with Crippen LogP contribution in [-0.4, -0.2) is 73.3 Å². The monoisotopic (exact) mass is 406 g/mol. The van der Waals surface area contributed by atoms with Gasteiger partial charge < -0.3 is 19.3 Å². The number of aromatic hydroxyl groups is 1. The van der Waals surface area contributed by atoms with Crippen LogP contribution in [0, 0.1) is 0 Å². The summed E-state index contributed by atoms with van der Waals surface area (Å²) in [5, 5.41) is 11.0. The molecule has 0 bridgehead atoms. The summed E-state index contributed by atoms with van der Waals surface area (Å²) >= 11 is 0.